The van der Waals surface area contributed by atoms with E-state index in [0.717, 1.165) is 42.8 Å². The molecule has 1 aliphatic rings. The third kappa shape index (κ3) is 4.08. The average molecular weight is 401 g/mol. The van der Waals surface area contributed by atoms with Crippen molar-refractivity contribution in [2.45, 2.75) is 23.8 Å². The molecule has 0 radical (unpaired) electrons. The van der Waals surface area contributed by atoms with Crippen LogP contribution < -0.4 is 15.6 Å². The first-order valence-electron chi connectivity index (χ1n) is 8.05. The molecule has 1 aliphatic heterocycles. The number of rotatable bonds is 4. The molecule has 0 spiro atoms. The van der Waals surface area contributed by atoms with Gasteiger partial charge in [-0.1, -0.05) is 11.6 Å². The summed E-state index contributed by atoms with van der Waals surface area (Å²) in [5.41, 5.74) is -0.609. The van der Waals surface area contributed by atoms with E-state index in [0.29, 0.717) is 0 Å². The Bertz CT molecular complexity index is 985. The van der Waals surface area contributed by atoms with Crippen molar-refractivity contribution in [3.8, 4) is 11.4 Å². The number of piperidine rings is 1. The standard InChI is InChI=1S/C17H18ClFN2O4S/c1-26(23,24)12-2-3-15(14(19)8-12)21-10-13(18)16(9-17(21)22)25-11-4-6-20-7-5-11/h2-3,8-11,20H,4-7H2,1H3. The molecule has 2 heterocycles. The predicted octanol–water partition coefficient (Wildman–Crippen LogP) is 2.16. The van der Waals surface area contributed by atoms with E-state index in [4.69, 9.17) is 16.3 Å². The van der Waals surface area contributed by atoms with Crippen LogP contribution in [0.3, 0.4) is 0 Å². The van der Waals surface area contributed by atoms with Crippen LogP contribution in [-0.4, -0.2) is 38.4 Å². The molecule has 0 aliphatic carbocycles. The summed E-state index contributed by atoms with van der Waals surface area (Å²) in [6.45, 7) is 1.66. The molecule has 26 heavy (non-hydrogen) atoms. The van der Waals surface area contributed by atoms with E-state index in [-0.39, 0.29) is 27.5 Å². The number of aromatic nitrogens is 1. The van der Waals surface area contributed by atoms with Gasteiger partial charge >= 0.3 is 0 Å². The summed E-state index contributed by atoms with van der Waals surface area (Å²) in [5, 5.41) is 3.39. The van der Waals surface area contributed by atoms with Gasteiger partial charge in [-0.05, 0) is 44.1 Å². The molecule has 9 heteroatoms. The normalized spacial score (nSPS) is 15.8. The third-order valence-electron chi connectivity index (χ3n) is 4.16. The predicted molar refractivity (Wildman–Crippen MR) is 96.6 cm³/mol. The Balaban J connectivity index is 1.94. The van der Waals surface area contributed by atoms with Crippen LogP contribution in [0.25, 0.3) is 5.69 Å². The van der Waals surface area contributed by atoms with Crippen LogP contribution in [0.4, 0.5) is 4.39 Å². The minimum atomic E-state index is -3.54. The largest absolute Gasteiger partial charge is 0.489 e. The van der Waals surface area contributed by atoms with Gasteiger partial charge in [0.05, 0.1) is 15.6 Å². The summed E-state index contributed by atoms with van der Waals surface area (Å²) in [6.07, 6.45) is 3.84. The smallest absolute Gasteiger partial charge is 0.258 e. The van der Waals surface area contributed by atoms with E-state index in [1.807, 2.05) is 0 Å². The lowest BCUT2D eigenvalue weighted by molar-refractivity contribution is 0.162. The maximum atomic E-state index is 14.3. The molecule has 0 saturated carbocycles. The topological polar surface area (TPSA) is 77.4 Å². The van der Waals surface area contributed by atoms with Gasteiger partial charge in [-0.15, -0.1) is 0 Å². The van der Waals surface area contributed by atoms with Gasteiger partial charge < -0.3 is 10.1 Å². The Kier molecular flexibility index (Phi) is 5.36. The highest BCUT2D eigenvalue weighted by molar-refractivity contribution is 7.90. The Morgan fingerprint density at radius 2 is 1.96 bits per heavy atom. The van der Waals surface area contributed by atoms with Crippen molar-refractivity contribution in [3.63, 3.8) is 0 Å². The van der Waals surface area contributed by atoms with Crippen molar-refractivity contribution in [2.24, 2.45) is 0 Å². The zero-order valence-corrected chi connectivity index (χ0v) is 15.6. The van der Waals surface area contributed by atoms with Gasteiger partial charge in [0.2, 0.25) is 0 Å². The number of hydrogen-bond acceptors (Lipinski definition) is 5. The number of benzene rings is 1. The van der Waals surface area contributed by atoms with Gasteiger partial charge in [0.25, 0.3) is 5.56 Å². The van der Waals surface area contributed by atoms with E-state index in [1.54, 1.807) is 0 Å². The molecule has 140 valence electrons. The minimum Gasteiger partial charge on any atom is -0.489 e. The number of nitrogens with zero attached hydrogens (tertiary/aromatic N) is 1. The van der Waals surface area contributed by atoms with Gasteiger partial charge in [0.15, 0.2) is 9.84 Å². The Hall–Kier alpha value is -1.90. The van der Waals surface area contributed by atoms with Gasteiger partial charge in [0, 0.05) is 18.5 Å². The van der Waals surface area contributed by atoms with Crippen LogP contribution in [-0.2, 0) is 9.84 Å². The monoisotopic (exact) mass is 400 g/mol. The van der Waals surface area contributed by atoms with Crippen molar-refractivity contribution in [3.05, 3.63) is 51.7 Å². The Morgan fingerprint density at radius 3 is 2.58 bits per heavy atom. The van der Waals surface area contributed by atoms with E-state index < -0.39 is 21.2 Å². The lowest BCUT2D eigenvalue weighted by Crippen LogP contribution is -2.34. The number of sulfone groups is 1. The number of pyridine rings is 1. The minimum absolute atomic E-state index is 0.0326. The summed E-state index contributed by atoms with van der Waals surface area (Å²) in [4.78, 5) is 12.2. The Morgan fingerprint density at radius 1 is 1.27 bits per heavy atom. The highest BCUT2D eigenvalue weighted by Gasteiger charge is 2.18. The lowest BCUT2D eigenvalue weighted by Gasteiger charge is -2.24. The molecule has 3 rings (SSSR count). The first-order chi connectivity index (χ1) is 12.3. The van der Waals surface area contributed by atoms with Crippen molar-refractivity contribution in [2.75, 3.05) is 19.3 Å². The average Bonchev–Trinajstić information content (AvgIpc) is 2.58. The third-order valence-corrected chi connectivity index (χ3v) is 5.55. The van der Waals surface area contributed by atoms with E-state index >= 15 is 0 Å². The van der Waals surface area contributed by atoms with Crippen molar-refractivity contribution < 1.29 is 17.5 Å². The van der Waals surface area contributed by atoms with Crippen LogP contribution in [0.15, 0.2) is 40.2 Å². The molecule has 0 amide bonds. The molecule has 1 aromatic carbocycles. The summed E-state index contributed by atoms with van der Waals surface area (Å²) in [6, 6.07) is 4.57. The van der Waals surface area contributed by atoms with Crippen LogP contribution >= 0.6 is 11.6 Å². The van der Waals surface area contributed by atoms with Gasteiger partial charge in [-0.3, -0.25) is 9.36 Å². The maximum absolute atomic E-state index is 14.3. The second kappa shape index (κ2) is 7.38. The SMILES string of the molecule is CS(=O)(=O)c1ccc(-n2cc(Cl)c(OC3CCNCC3)cc2=O)c(F)c1. The molecular weight excluding hydrogens is 383 g/mol. The second-order valence-corrected chi connectivity index (χ2v) is 8.57. The number of nitrogens with one attached hydrogen (secondary N) is 1. The molecule has 1 N–H and O–H groups in total. The zero-order chi connectivity index (χ0) is 18.9. The second-order valence-electron chi connectivity index (χ2n) is 6.15. The van der Waals surface area contributed by atoms with Crippen LogP contribution in [0, 0.1) is 5.82 Å². The van der Waals surface area contributed by atoms with Crippen molar-refractivity contribution in [1.29, 1.82) is 0 Å². The molecule has 0 unspecified atom stereocenters. The molecule has 0 bridgehead atoms. The van der Waals surface area contributed by atoms with Crippen LogP contribution in [0.1, 0.15) is 12.8 Å². The number of halogens is 2. The van der Waals surface area contributed by atoms with Crippen molar-refractivity contribution >= 4 is 21.4 Å². The fraction of sp³-hybridized carbons (Fsp3) is 0.353. The fourth-order valence-corrected chi connectivity index (χ4v) is 3.61. The van der Waals surface area contributed by atoms with Gasteiger partial charge in [-0.2, -0.15) is 0 Å². The van der Waals surface area contributed by atoms with E-state index in [2.05, 4.69) is 5.32 Å². The zero-order valence-electron chi connectivity index (χ0n) is 14.0. The van der Waals surface area contributed by atoms with Crippen LogP contribution in [0.5, 0.6) is 5.75 Å². The number of ether oxygens (including phenoxy) is 1. The highest BCUT2D eigenvalue weighted by atomic mass is 35.5. The fourth-order valence-electron chi connectivity index (χ4n) is 2.78. The molecule has 1 aromatic heterocycles. The quantitative estimate of drug-likeness (QED) is 0.851. The Labute approximate surface area is 155 Å². The molecule has 6 nitrogen and oxygen atoms in total. The van der Waals surface area contributed by atoms with Crippen molar-refractivity contribution in [1.82, 2.24) is 9.88 Å². The van der Waals surface area contributed by atoms with Crippen LogP contribution in [0.2, 0.25) is 5.02 Å². The van der Waals surface area contributed by atoms with E-state index in [9.17, 15) is 17.6 Å². The highest BCUT2D eigenvalue weighted by Crippen LogP contribution is 2.26. The lowest BCUT2D eigenvalue weighted by atomic mass is 10.1. The molecule has 1 fully saturated rings. The first kappa shape index (κ1) is 18.9. The first-order valence-corrected chi connectivity index (χ1v) is 10.3. The summed E-state index contributed by atoms with van der Waals surface area (Å²) < 4.78 is 44.2. The molecule has 0 atom stereocenters. The molecule has 2 aromatic rings. The van der Waals surface area contributed by atoms with Gasteiger partial charge in [-0.25, -0.2) is 12.8 Å². The number of hydrogen-bond donors (Lipinski definition) is 1. The maximum Gasteiger partial charge on any atom is 0.258 e. The molecule has 1 saturated heterocycles. The summed E-state index contributed by atoms with van der Waals surface area (Å²) >= 11 is 6.21. The molecular formula is C17H18ClFN2O4S. The summed E-state index contributed by atoms with van der Waals surface area (Å²) in [5.74, 6) is -0.578. The summed E-state index contributed by atoms with van der Waals surface area (Å²) in [7, 11) is -3.54. The van der Waals surface area contributed by atoms with Gasteiger partial charge in [0.1, 0.15) is 17.7 Å². The van der Waals surface area contributed by atoms with E-state index in [1.165, 1.54) is 24.4 Å².